The van der Waals surface area contributed by atoms with Gasteiger partial charge in [-0.25, -0.2) is 4.98 Å². The molecule has 0 aliphatic carbocycles. The predicted octanol–water partition coefficient (Wildman–Crippen LogP) is 1.28. The van der Waals surface area contributed by atoms with E-state index in [1.54, 1.807) is 11.3 Å². The second-order valence-corrected chi connectivity index (χ2v) is 6.30. The van der Waals surface area contributed by atoms with E-state index in [0.29, 0.717) is 13.2 Å². The summed E-state index contributed by atoms with van der Waals surface area (Å²) in [4.78, 5) is 22.0. The monoisotopic (exact) mass is 281 g/mol. The maximum absolute atomic E-state index is 12.3. The van der Waals surface area contributed by atoms with Gasteiger partial charge in [0.2, 0.25) is 0 Å². The molecule has 2 fully saturated rings. The molecule has 1 aromatic heterocycles. The number of hydrogen-bond acceptors (Lipinski definition) is 5. The van der Waals surface area contributed by atoms with Crippen molar-refractivity contribution in [3.8, 4) is 0 Å². The van der Waals surface area contributed by atoms with Crippen molar-refractivity contribution >= 4 is 22.4 Å². The summed E-state index contributed by atoms with van der Waals surface area (Å²) in [5.41, 5.74) is 0. The van der Waals surface area contributed by atoms with Crippen LogP contribution < -0.4 is 4.90 Å². The Labute approximate surface area is 117 Å². The van der Waals surface area contributed by atoms with E-state index in [0.717, 1.165) is 37.6 Å². The maximum Gasteiger partial charge on any atom is 0.253 e. The molecule has 0 saturated carbocycles. The van der Waals surface area contributed by atoms with E-state index < -0.39 is 0 Å². The lowest BCUT2D eigenvalue weighted by Crippen LogP contribution is -2.50. The molecule has 2 aliphatic rings. The van der Waals surface area contributed by atoms with E-state index in [1.165, 1.54) is 4.88 Å². The number of aryl methyl sites for hydroxylation is 1. The Balaban J connectivity index is 1.65. The van der Waals surface area contributed by atoms with Gasteiger partial charge in [0, 0.05) is 30.7 Å². The Bertz CT molecular complexity index is 456. The number of hydrogen-bond donors (Lipinski definition) is 0. The molecule has 1 aromatic rings. The summed E-state index contributed by atoms with van der Waals surface area (Å²) in [6, 6.07) is 0. The van der Waals surface area contributed by atoms with E-state index >= 15 is 0 Å². The summed E-state index contributed by atoms with van der Waals surface area (Å²) < 4.78 is 5.65. The van der Waals surface area contributed by atoms with Gasteiger partial charge in [0.25, 0.3) is 5.91 Å². The SMILES string of the molecule is Cc1cnc(N2CCOC(C(=O)N3CCCC3)C2)s1. The van der Waals surface area contributed by atoms with Crippen LogP contribution in [0.25, 0.3) is 0 Å². The van der Waals surface area contributed by atoms with Gasteiger partial charge in [-0.3, -0.25) is 4.79 Å². The minimum atomic E-state index is -0.323. The number of thiazole rings is 1. The summed E-state index contributed by atoms with van der Waals surface area (Å²) in [5.74, 6) is 0.149. The fourth-order valence-electron chi connectivity index (χ4n) is 2.60. The zero-order valence-electron chi connectivity index (χ0n) is 11.2. The molecule has 0 radical (unpaired) electrons. The molecule has 1 atom stereocenters. The Morgan fingerprint density at radius 3 is 2.89 bits per heavy atom. The summed E-state index contributed by atoms with van der Waals surface area (Å²) in [7, 11) is 0. The first kappa shape index (κ1) is 12.9. The Morgan fingerprint density at radius 1 is 1.42 bits per heavy atom. The fourth-order valence-corrected chi connectivity index (χ4v) is 3.40. The Kier molecular flexibility index (Phi) is 3.70. The third-order valence-electron chi connectivity index (χ3n) is 3.64. The molecule has 19 heavy (non-hydrogen) atoms. The van der Waals surface area contributed by atoms with E-state index in [-0.39, 0.29) is 12.0 Å². The lowest BCUT2D eigenvalue weighted by Gasteiger charge is -2.33. The van der Waals surface area contributed by atoms with E-state index in [4.69, 9.17) is 4.74 Å². The Hall–Kier alpha value is -1.14. The number of aromatic nitrogens is 1. The summed E-state index contributed by atoms with van der Waals surface area (Å²) in [6.45, 7) is 5.86. The minimum Gasteiger partial charge on any atom is -0.365 e. The number of morpholine rings is 1. The highest BCUT2D eigenvalue weighted by Crippen LogP contribution is 2.24. The predicted molar refractivity (Wildman–Crippen MR) is 74.6 cm³/mol. The van der Waals surface area contributed by atoms with Gasteiger partial charge in [0.15, 0.2) is 11.2 Å². The number of ether oxygens (including phenoxy) is 1. The molecule has 104 valence electrons. The quantitative estimate of drug-likeness (QED) is 0.819. The number of anilines is 1. The second kappa shape index (κ2) is 5.46. The lowest BCUT2D eigenvalue weighted by atomic mass is 10.2. The first-order chi connectivity index (χ1) is 9.24. The maximum atomic E-state index is 12.3. The molecule has 2 saturated heterocycles. The molecule has 3 rings (SSSR count). The highest BCUT2D eigenvalue weighted by atomic mass is 32.1. The average molecular weight is 281 g/mol. The topological polar surface area (TPSA) is 45.7 Å². The minimum absolute atomic E-state index is 0.149. The number of carbonyl (C=O) groups excluding carboxylic acids is 1. The zero-order chi connectivity index (χ0) is 13.2. The molecule has 0 N–H and O–H groups in total. The van der Waals surface area contributed by atoms with Crippen LogP contribution in [-0.4, -0.2) is 54.7 Å². The number of rotatable bonds is 2. The zero-order valence-corrected chi connectivity index (χ0v) is 12.0. The van der Waals surface area contributed by atoms with Crippen LogP contribution in [0.3, 0.4) is 0 Å². The largest absolute Gasteiger partial charge is 0.365 e. The van der Waals surface area contributed by atoms with E-state index in [1.807, 2.05) is 11.1 Å². The molecular weight excluding hydrogens is 262 g/mol. The molecule has 6 heteroatoms. The number of nitrogens with zero attached hydrogens (tertiary/aromatic N) is 3. The van der Waals surface area contributed by atoms with Crippen LogP contribution in [0, 0.1) is 6.92 Å². The third kappa shape index (κ3) is 2.74. The summed E-state index contributed by atoms with van der Waals surface area (Å²) >= 11 is 1.67. The summed E-state index contributed by atoms with van der Waals surface area (Å²) in [6.07, 6.45) is 3.80. The van der Waals surface area contributed by atoms with Crippen molar-refractivity contribution in [2.24, 2.45) is 0 Å². The van der Waals surface area contributed by atoms with Gasteiger partial charge in [0.1, 0.15) is 0 Å². The second-order valence-electron chi connectivity index (χ2n) is 5.09. The first-order valence-corrected chi connectivity index (χ1v) is 7.63. The van der Waals surface area contributed by atoms with Gasteiger partial charge in [-0.1, -0.05) is 0 Å². The fraction of sp³-hybridized carbons (Fsp3) is 0.692. The highest BCUT2D eigenvalue weighted by molar-refractivity contribution is 7.15. The molecule has 5 nitrogen and oxygen atoms in total. The van der Waals surface area contributed by atoms with E-state index in [2.05, 4.69) is 16.8 Å². The van der Waals surface area contributed by atoms with Gasteiger partial charge >= 0.3 is 0 Å². The van der Waals surface area contributed by atoms with Crippen molar-refractivity contribution in [3.05, 3.63) is 11.1 Å². The van der Waals surface area contributed by atoms with Gasteiger partial charge in [0.05, 0.1) is 13.2 Å². The van der Waals surface area contributed by atoms with Crippen molar-refractivity contribution in [1.82, 2.24) is 9.88 Å². The van der Waals surface area contributed by atoms with Crippen LogP contribution in [0.1, 0.15) is 17.7 Å². The molecule has 1 unspecified atom stereocenters. The van der Waals surface area contributed by atoms with Gasteiger partial charge in [-0.05, 0) is 19.8 Å². The molecule has 3 heterocycles. The van der Waals surface area contributed by atoms with Crippen LogP contribution >= 0.6 is 11.3 Å². The molecule has 0 spiro atoms. The van der Waals surface area contributed by atoms with Gasteiger partial charge in [-0.2, -0.15) is 0 Å². The normalized spacial score (nSPS) is 23.9. The molecular formula is C13H19N3O2S. The average Bonchev–Trinajstić information content (AvgIpc) is 3.09. The number of carbonyl (C=O) groups is 1. The molecule has 2 aliphatic heterocycles. The molecule has 0 aromatic carbocycles. The van der Waals surface area contributed by atoms with Crippen LogP contribution in [0.2, 0.25) is 0 Å². The van der Waals surface area contributed by atoms with Crippen LogP contribution in [0.5, 0.6) is 0 Å². The smallest absolute Gasteiger partial charge is 0.253 e. The Morgan fingerprint density at radius 2 is 2.21 bits per heavy atom. The van der Waals surface area contributed by atoms with Crippen molar-refractivity contribution in [1.29, 1.82) is 0 Å². The third-order valence-corrected chi connectivity index (χ3v) is 4.61. The van der Waals surface area contributed by atoms with Gasteiger partial charge in [-0.15, -0.1) is 11.3 Å². The van der Waals surface area contributed by atoms with Crippen LogP contribution in [-0.2, 0) is 9.53 Å². The van der Waals surface area contributed by atoms with E-state index in [9.17, 15) is 4.79 Å². The molecule has 0 bridgehead atoms. The van der Waals surface area contributed by atoms with Crippen LogP contribution in [0.15, 0.2) is 6.20 Å². The standard InChI is InChI=1S/C13H19N3O2S/c1-10-8-14-13(19-10)16-6-7-18-11(9-16)12(17)15-4-2-3-5-15/h8,11H,2-7,9H2,1H3. The number of likely N-dealkylation sites (tertiary alicyclic amines) is 1. The van der Waals surface area contributed by atoms with Crippen LogP contribution in [0.4, 0.5) is 5.13 Å². The van der Waals surface area contributed by atoms with Crippen molar-refractivity contribution < 1.29 is 9.53 Å². The van der Waals surface area contributed by atoms with Crippen molar-refractivity contribution in [2.45, 2.75) is 25.9 Å². The van der Waals surface area contributed by atoms with Crippen molar-refractivity contribution in [2.75, 3.05) is 37.7 Å². The first-order valence-electron chi connectivity index (χ1n) is 6.82. The molecule has 1 amide bonds. The summed E-state index contributed by atoms with van der Waals surface area (Å²) in [5, 5.41) is 1.00. The van der Waals surface area contributed by atoms with Crippen molar-refractivity contribution in [3.63, 3.8) is 0 Å². The van der Waals surface area contributed by atoms with Gasteiger partial charge < -0.3 is 14.5 Å². The highest BCUT2D eigenvalue weighted by Gasteiger charge is 2.32. The lowest BCUT2D eigenvalue weighted by molar-refractivity contribution is -0.143. The number of amides is 1.